The first-order valence-corrected chi connectivity index (χ1v) is 8.29. The predicted octanol–water partition coefficient (Wildman–Crippen LogP) is 3.45. The van der Waals surface area contributed by atoms with Crippen LogP contribution in [-0.4, -0.2) is 18.4 Å². The number of benzene rings is 1. The van der Waals surface area contributed by atoms with Crippen LogP contribution in [0.25, 0.3) is 0 Å². The van der Waals surface area contributed by atoms with Crippen molar-refractivity contribution < 1.29 is 14.3 Å². The Morgan fingerprint density at radius 1 is 1.04 bits per heavy atom. The van der Waals surface area contributed by atoms with Gasteiger partial charge in [0, 0.05) is 11.4 Å². The summed E-state index contributed by atoms with van der Waals surface area (Å²) in [6.07, 6.45) is 4.51. The number of carbonyl (C=O) groups is 2. The van der Waals surface area contributed by atoms with Gasteiger partial charge in [-0.25, -0.2) is 0 Å². The first-order chi connectivity index (χ1) is 10.9. The van der Waals surface area contributed by atoms with E-state index in [-0.39, 0.29) is 12.5 Å². The van der Waals surface area contributed by atoms with E-state index in [0.717, 1.165) is 36.8 Å². The molecule has 0 atom stereocenters. The Hall–Kier alpha value is -1.75. The summed E-state index contributed by atoms with van der Waals surface area (Å²) in [5.41, 5.74) is 6.51. The zero-order chi connectivity index (χ0) is 17.2. The Kier molecular flexibility index (Phi) is 8.48. The number of carbonyl (C=O) groups excluding carboxylic acids is 2. The van der Waals surface area contributed by atoms with Crippen molar-refractivity contribution in [2.24, 2.45) is 0 Å². The monoisotopic (exact) mass is 340 g/mol. The molecule has 0 saturated carbocycles. The minimum atomic E-state index is -0.405. The number of ether oxygens (including phenoxy) is 1. The van der Waals surface area contributed by atoms with Gasteiger partial charge in [0.2, 0.25) is 5.91 Å². The lowest BCUT2D eigenvalue weighted by Gasteiger charge is -2.11. The van der Waals surface area contributed by atoms with Gasteiger partial charge in [0.15, 0.2) is 6.61 Å². The van der Waals surface area contributed by atoms with E-state index in [9.17, 15) is 9.59 Å². The number of unbranched alkanes of at least 4 members (excludes halogenated alkanes) is 3. The summed E-state index contributed by atoms with van der Waals surface area (Å²) in [6, 6.07) is 3.55. The van der Waals surface area contributed by atoms with Crippen LogP contribution >= 0.6 is 11.6 Å². The van der Waals surface area contributed by atoms with E-state index in [1.807, 2.05) is 13.8 Å². The molecule has 1 rings (SSSR count). The fourth-order valence-corrected chi connectivity index (χ4v) is 2.20. The molecule has 5 nitrogen and oxygen atoms in total. The number of rotatable bonds is 8. The van der Waals surface area contributed by atoms with Crippen molar-refractivity contribution in [1.29, 1.82) is 0 Å². The third-order valence-electron chi connectivity index (χ3n) is 3.38. The normalized spacial score (nSPS) is 10.3. The molecule has 0 aromatic heterocycles. The van der Waals surface area contributed by atoms with Crippen LogP contribution < -0.4 is 15.6 Å². The molecule has 0 bridgehead atoms. The molecule has 0 aliphatic rings. The summed E-state index contributed by atoms with van der Waals surface area (Å²) >= 11 is 6.08. The molecule has 0 aliphatic carbocycles. The van der Waals surface area contributed by atoms with Crippen molar-refractivity contribution in [2.45, 2.75) is 52.9 Å². The molecule has 0 radical (unpaired) electrons. The highest BCUT2D eigenvalue weighted by atomic mass is 35.5. The van der Waals surface area contributed by atoms with Crippen LogP contribution in [0.5, 0.6) is 5.75 Å². The molecule has 2 N–H and O–H groups in total. The van der Waals surface area contributed by atoms with Crippen LogP contribution in [0.15, 0.2) is 12.1 Å². The number of hydrogen-bond donors (Lipinski definition) is 2. The van der Waals surface area contributed by atoms with E-state index in [1.54, 1.807) is 12.1 Å². The fraction of sp³-hybridized carbons (Fsp3) is 0.529. The number of hydrogen-bond acceptors (Lipinski definition) is 3. The number of nitrogens with one attached hydrogen (secondary N) is 2. The standard InChI is InChI=1S/C17H25ClN2O3/c1-4-5-6-7-8-15(21)19-20-16(22)11-23-14-9-12(2)17(18)13(3)10-14/h9-10H,4-8,11H2,1-3H3,(H,19,21)(H,20,22). The molecule has 0 fully saturated rings. The van der Waals surface area contributed by atoms with Gasteiger partial charge in [-0.05, 0) is 43.5 Å². The average Bonchev–Trinajstić information content (AvgIpc) is 2.52. The molecule has 0 aliphatic heterocycles. The quantitative estimate of drug-likeness (QED) is 0.562. The summed E-state index contributed by atoms with van der Waals surface area (Å²) < 4.78 is 5.41. The molecule has 128 valence electrons. The van der Waals surface area contributed by atoms with E-state index >= 15 is 0 Å². The number of aryl methyl sites for hydroxylation is 2. The van der Waals surface area contributed by atoms with Crippen molar-refractivity contribution in [3.05, 3.63) is 28.3 Å². The Morgan fingerprint density at radius 2 is 1.65 bits per heavy atom. The number of amides is 2. The van der Waals surface area contributed by atoms with Crippen LogP contribution in [0.2, 0.25) is 5.02 Å². The van der Waals surface area contributed by atoms with Crippen molar-refractivity contribution >= 4 is 23.4 Å². The largest absolute Gasteiger partial charge is 0.484 e. The molecule has 0 heterocycles. The zero-order valence-corrected chi connectivity index (χ0v) is 14.8. The summed E-state index contributed by atoms with van der Waals surface area (Å²) in [7, 11) is 0. The highest BCUT2D eigenvalue weighted by Gasteiger charge is 2.07. The highest BCUT2D eigenvalue weighted by Crippen LogP contribution is 2.25. The number of halogens is 1. The Labute approximate surface area is 142 Å². The first kappa shape index (κ1) is 19.3. The van der Waals surface area contributed by atoms with Gasteiger partial charge in [0.1, 0.15) is 5.75 Å². The lowest BCUT2D eigenvalue weighted by Crippen LogP contribution is -2.43. The SMILES string of the molecule is CCCCCCC(=O)NNC(=O)COc1cc(C)c(Cl)c(C)c1. The summed E-state index contributed by atoms with van der Waals surface area (Å²) in [5, 5.41) is 0.692. The van der Waals surface area contributed by atoms with Gasteiger partial charge >= 0.3 is 0 Å². The Morgan fingerprint density at radius 3 is 2.26 bits per heavy atom. The van der Waals surface area contributed by atoms with E-state index < -0.39 is 5.91 Å². The highest BCUT2D eigenvalue weighted by molar-refractivity contribution is 6.32. The third-order valence-corrected chi connectivity index (χ3v) is 3.97. The molecule has 23 heavy (non-hydrogen) atoms. The van der Waals surface area contributed by atoms with Crippen molar-refractivity contribution in [3.63, 3.8) is 0 Å². The third kappa shape index (κ3) is 7.37. The smallest absolute Gasteiger partial charge is 0.276 e. The maximum Gasteiger partial charge on any atom is 0.276 e. The van der Waals surface area contributed by atoms with Gasteiger partial charge < -0.3 is 4.74 Å². The molecular formula is C17H25ClN2O3. The lowest BCUT2D eigenvalue weighted by molar-refractivity contribution is -0.130. The molecule has 2 amide bonds. The predicted molar refractivity (Wildman–Crippen MR) is 91.5 cm³/mol. The Bertz CT molecular complexity index is 524. The van der Waals surface area contributed by atoms with Crippen LogP contribution in [0.1, 0.15) is 50.2 Å². The van der Waals surface area contributed by atoms with Gasteiger partial charge in [-0.1, -0.05) is 37.8 Å². The lowest BCUT2D eigenvalue weighted by atomic mass is 10.1. The van der Waals surface area contributed by atoms with Gasteiger partial charge in [-0.3, -0.25) is 20.4 Å². The molecule has 1 aromatic rings. The fourth-order valence-electron chi connectivity index (χ4n) is 2.09. The van der Waals surface area contributed by atoms with E-state index in [0.29, 0.717) is 17.2 Å². The van der Waals surface area contributed by atoms with E-state index in [1.165, 1.54) is 0 Å². The van der Waals surface area contributed by atoms with Crippen molar-refractivity contribution in [3.8, 4) is 5.75 Å². The van der Waals surface area contributed by atoms with Gasteiger partial charge in [-0.15, -0.1) is 0 Å². The van der Waals surface area contributed by atoms with Crippen LogP contribution in [0.4, 0.5) is 0 Å². The average molecular weight is 341 g/mol. The van der Waals surface area contributed by atoms with Crippen LogP contribution in [0, 0.1) is 13.8 Å². The maximum absolute atomic E-state index is 11.7. The minimum absolute atomic E-state index is 0.170. The molecule has 6 heteroatoms. The second kappa shape index (κ2) is 10.1. The zero-order valence-electron chi connectivity index (χ0n) is 14.0. The van der Waals surface area contributed by atoms with E-state index in [2.05, 4.69) is 17.8 Å². The molecular weight excluding hydrogens is 316 g/mol. The molecule has 0 unspecified atom stereocenters. The molecule has 0 saturated heterocycles. The van der Waals surface area contributed by atoms with Gasteiger partial charge in [-0.2, -0.15) is 0 Å². The second-order valence-corrected chi connectivity index (χ2v) is 5.94. The van der Waals surface area contributed by atoms with Gasteiger partial charge in [0.05, 0.1) is 0 Å². The first-order valence-electron chi connectivity index (χ1n) is 7.91. The minimum Gasteiger partial charge on any atom is -0.484 e. The summed E-state index contributed by atoms with van der Waals surface area (Å²) in [6.45, 7) is 5.70. The maximum atomic E-state index is 11.7. The summed E-state index contributed by atoms with van der Waals surface area (Å²) in [4.78, 5) is 23.2. The van der Waals surface area contributed by atoms with Crippen LogP contribution in [-0.2, 0) is 9.59 Å². The topological polar surface area (TPSA) is 67.4 Å². The van der Waals surface area contributed by atoms with Gasteiger partial charge in [0.25, 0.3) is 5.91 Å². The molecule has 0 spiro atoms. The summed E-state index contributed by atoms with van der Waals surface area (Å²) in [5.74, 6) is -0.0183. The Balaban J connectivity index is 2.28. The molecule has 1 aromatic carbocycles. The van der Waals surface area contributed by atoms with E-state index in [4.69, 9.17) is 16.3 Å². The second-order valence-electron chi connectivity index (χ2n) is 5.57. The van der Waals surface area contributed by atoms with Crippen LogP contribution in [0.3, 0.4) is 0 Å². The number of hydrazine groups is 1. The van der Waals surface area contributed by atoms with Crippen molar-refractivity contribution in [2.75, 3.05) is 6.61 Å². The van der Waals surface area contributed by atoms with Crippen molar-refractivity contribution in [1.82, 2.24) is 10.9 Å².